The number of pyridine rings is 1. The highest BCUT2D eigenvalue weighted by Crippen LogP contribution is 2.27. The van der Waals surface area contributed by atoms with Gasteiger partial charge in [-0.25, -0.2) is 9.78 Å². The Kier molecular flexibility index (Phi) is 3.27. The molecular formula is C13H15N3O4. The molecule has 0 saturated carbocycles. The van der Waals surface area contributed by atoms with Crippen LogP contribution in [-0.4, -0.2) is 42.7 Å². The van der Waals surface area contributed by atoms with Gasteiger partial charge in [-0.3, -0.25) is 9.69 Å². The Balaban J connectivity index is 1.82. The molecule has 0 aliphatic carbocycles. The topological polar surface area (TPSA) is 94.8 Å². The Morgan fingerprint density at radius 3 is 3.05 bits per heavy atom. The van der Waals surface area contributed by atoms with E-state index >= 15 is 0 Å². The van der Waals surface area contributed by atoms with Crippen molar-refractivity contribution >= 4 is 17.7 Å². The van der Waals surface area contributed by atoms with Gasteiger partial charge in [-0.15, -0.1) is 0 Å². The lowest BCUT2D eigenvalue weighted by molar-refractivity contribution is -0.121. The predicted octanol–water partition coefficient (Wildman–Crippen LogP) is 0.260. The van der Waals surface area contributed by atoms with Crippen LogP contribution < -0.4 is 15.4 Å². The molecule has 1 aromatic heterocycles. The third-order valence-corrected chi connectivity index (χ3v) is 3.31. The van der Waals surface area contributed by atoms with E-state index in [9.17, 15) is 9.59 Å². The van der Waals surface area contributed by atoms with Crippen LogP contribution in [0, 0.1) is 0 Å². The molecule has 0 spiro atoms. The lowest BCUT2D eigenvalue weighted by Crippen LogP contribution is -2.27. The largest absolute Gasteiger partial charge is 0.484 e. The first kappa shape index (κ1) is 12.9. The Hall–Kier alpha value is -2.15. The third kappa shape index (κ3) is 2.32. The van der Waals surface area contributed by atoms with E-state index in [1.54, 1.807) is 12.1 Å². The first-order valence-corrected chi connectivity index (χ1v) is 6.50. The summed E-state index contributed by atoms with van der Waals surface area (Å²) in [5.41, 5.74) is 6.03. The van der Waals surface area contributed by atoms with Crippen LogP contribution in [0.5, 0.6) is 5.75 Å². The van der Waals surface area contributed by atoms with Crippen LogP contribution in [0.4, 0.5) is 10.6 Å². The maximum Gasteiger partial charge on any atom is 0.415 e. The molecule has 2 aliphatic rings. The summed E-state index contributed by atoms with van der Waals surface area (Å²) in [6.07, 6.45) is 0.217. The van der Waals surface area contributed by atoms with Gasteiger partial charge in [0.2, 0.25) is 0 Å². The van der Waals surface area contributed by atoms with Gasteiger partial charge in [-0.05, 0) is 25.1 Å². The lowest BCUT2D eigenvalue weighted by Gasteiger charge is -2.18. The van der Waals surface area contributed by atoms with Crippen LogP contribution >= 0.6 is 0 Å². The van der Waals surface area contributed by atoms with Gasteiger partial charge in [-0.1, -0.05) is 0 Å². The second kappa shape index (κ2) is 5.09. The number of amides is 1. The number of carbonyl (C=O) groups is 2. The molecule has 20 heavy (non-hydrogen) atoms. The fraction of sp³-hybridized carbons (Fsp3) is 0.462. The van der Waals surface area contributed by atoms with Crippen molar-refractivity contribution in [2.45, 2.75) is 18.9 Å². The minimum Gasteiger partial charge on any atom is -0.484 e. The Morgan fingerprint density at radius 2 is 2.25 bits per heavy atom. The predicted molar refractivity (Wildman–Crippen MR) is 69.7 cm³/mol. The van der Waals surface area contributed by atoms with Gasteiger partial charge in [-0.2, -0.15) is 0 Å². The number of hydrogen-bond donors (Lipinski definition) is 1. The van der Waals surface area contributed by atoms with Crippen molar-refractivity contribution in [1.82, 2.24) is 4.98 Å². The van der Waals surface area contributed by atoms with Gasteiger partial charge in [0, 0.05) is 0 Å². The van der Waals surface area contributed by atoms with E-state index in [1.807, 2.05) is 0 Å². The quantitative estimate of drug-likeness (QED) is 0.851. The molecule has 2 N–H and O–H groups in total. The molecular weight excluding hydrogens is 262 g/mol. The second-order valence-electron chi connectivity index (χ2n) is 4.81. The number of rotatable bonds is 3. The second-order valence-corrected chi connectivity index (χ2v) is 4.81. The lowest BCUT2D eigenvalue weighted by atomic mass is 10.1. The van der Waals surface area contributed by atoms with Gasteiger partial charge in [0.1, 0.15) is 24.3 Å². The smallest absolute Gasteiger partial charge is 0.415 e. The maximum atomic E-state index is 11.8. The Labute approximate surface area is 115 Å². The molecule has 2 aliphatic heterocycles. The number of nitrogens with zero attached hydrogens (tertiary/aromatic N) is 2. The minimum absolute atomic E-state index is 0.0212. The van der Waals surface area contributed by atoms with Crippen LogP contribution in [-0.2, 0) is 16.0 Å². The SMILES string of the molecule is NCCC1CN(c2ccc3c(n2)CC(=O)CO3)C(=O)O1. The van der Waals surface area contributed by atoms with E-state index in [-0.39, 0.29) is 24.9 Å². The number of aromatic nitrogens is 1. The zero-order chi connectivity index (χ0) is 14.1. The van der Waals surface area contributed by atoms with E-state index in [1.165, 1.54) is 4.90 Å². The molecule has 1 atom stereocenters. The van der Waals surface area contributed by atoms with Crippen molar-refractivity contribution in [3.63, 3.8) is 0 Å². The molecule has 7 nitrogen and oxygen atoms in total. The highest BCUT2D eigenvalue weighted by Gasteiger charge is 2.33. The van der Waals surface area contributed by atoms with Crippen molar-refractivity contribution in [2.24, 2.45) is 5.73 Å². The molecule has 1 unspecified atom stereocenters. The molecule has 3 heterocycles. The number of Topliss-reactive ketones (excluding diaryl/α,β-unsaturated/α-hetero) is 1. The molecule has 1 amide bonds. The highest BCUT2D eigenvalue weighted by atomic mass is 16.6. The molecule has 1 aromatic rings. The number of carbonyl (C=O) groups excluding carboxylic acids is 2. The van der Waals surface area contributed by atoms with Crippen molar-refractivity contribution in [2.75, 3.05) is 24.6 Å². The van der Waals surface area contributed by atoms with Gasteiger partial charge >= 0.3 is 6.09 Å². The van der Waals surface area contributed by atoms with Gasteiger partial charge in [0.15, 0.2) is 5.78 Å². The first-order chi connectivity index (χ1) is 9.67. The molecule has 7 heteroatoms. The molecule has 0 radical (unpaired) electrons. The van der Waals surface area contributed by atoms with Crippen LogP contribution in [0.25, 0.3) is 0 Å². The molecule has 106 valence electrons. The summed E-state index contributed by atoms with van der Waals surface area (Å²) < 4.78 is 10.5. The Bertz CT molecular complexity index is 561. The van der Waals surface area contributed by atoms with Crippen molar-refractivity contribution in [3.05, 3.63) is 17.8 Å². The number of anilines is 1. The summed E-state index contributed by atoms with van der Waals surface area (Å²) in [6.45, 7) is 0.973. The van der Waals surface area contributed by atoms with E-state index < -0.39 is 6.09 Å². The average Bonchev–Trinajstić information content (AvgIpc) is 2.79. The number of ether oxygens (including phenoxy) is 2. The van der Waals surface area contributed by atoms with Crippen molar-refractivity contribution in [3.8, 4) is 5.75 Å². The number of ketones is 1. The standard InChI is InChI=1S/C13H15N3O4/c14-4-3-9-6-16(13(18)20-9)12-2-1-11-10(15-12)5-8(17)7-19-11/h1-2,9H,3-7,14H2. The van der Waals surface area contributed by atoms with Crippen LogP contribution in [0.15, 0.2) is 12.1 Å². The Morgan fingerprint density at radius 1 is 1.40 bits per heavy atom. The van der Waals surface area contributed by atoms with Gasteiger partial charge in [0.05, 0.1) is 18.7 Å². The molecule has 1 fully saturated rings. The molecule has 0 aromatic carbocycles. The summed E-state index contributed by atoms with van der Waals surface area (Å²) >= 11 is 0. The monoisotopic (exact) mass is 277 g/mol. The first-order valence-electron chi connectivity index (χ1n) is 6.50. The summed E-state index contributed by atoms with van der Waals surface area (Å²) in [5.74, 6) is 1.05. The van der Waals surface area contributed by atoms with E-state index in [2.05, 4.69) is 4.98 Å². The number of hydrogen-bond acceptors (Lipinski definition) is 6. The van der Waals surface area contributed by atoms with Gasteiger partial charge < -0.3 is 15.2 Å². The highest BCUT2D eigenvalue weighted by molar-refractivity contribution is 5.89. The van der Waals surface area contributed by atoms with Crippen LogP contribution in [0.1, 0.15) is 12.1 Å². The molecule has 0 bridgehead atoms. The van der Waals surface area contributed by atoms with E-state index in [0.29, 0.717) is 36.8 Å². The minimum atomic E-state index is -0.432. The molecule has 1 saturated heterocycles. The number of cyclic esters (lactones) is 1. The zero-order valence-corrected chi connectivity index (χ0v) is 10.9. The molecule has 3 rings (SSSR count). The normalized spacial score (nSPS) is 21.4. The fourth-order valence-corrected chi connectivity index (χ4v) is 2.33. The maximum absolute atomic E-state index is 11.8. The fourth-order valence-electron chi connectivity index (χ4n) is 2.33. The van der Waals surface area contributed by atoms with Crippen LogP contribution in [0.3, 0.4) is 0 Å². The van der Waals surface area contributed by atoms with E-state index in [0.717, 1.165) is 0 Å². The van der Waals surface area contributed by atoms with Gasteiger partial charge in [0.25, 0.3) is 0 Å². The van der Waals surface area contributed by atoms with Crippen LogP contribution in [0.2, 0.25) is 0 Å². The summed E-state index contributed by atoms with van der Waals surface area (Å²) in [4.78, 5) is 29.0. The number of fused-ring (bicyclic) bond motifs is 1. The average molecular weight is 277 g/mol. The zero-order valence-electron chi connectivity index (χ0n) is 10.9. The van der Waals surface area contributed by atoms with E-state index in [4.69, 9.17) is 15.2 Å². The summed E-state index contributed by atoms with van der Waals surface area (Å²) in [5, 5.41) is 0. The number of nitrogens with two attached hydrogens (primary N) is 1. The third-order valence-electron chi connectivity index (χ3n) is 3.31. The summed E-state index contributed by atoms with van der Waals surface area (Å²) in [6, 6.07) is 3.42. The van der Waals surface area contributed by atoms with Crippen molar-refractivity contribution < 1.29 is 19.1 Å². The van der Waals surface area contributed by atoms with Crippen molar-refractivity contribution in [1.29, 1.82) is 0 Å². The summed E-state index contributed by atoms with van der Waals surface area (Å²) in [7, 11) is 0.